The molecule has 0 fully saturated rings. The van der Waals surface area contributed by atoms with Crippen molar-refractivity contribution in [1.29, 1.82) is 10.5 Å². The van der Waals surface area contributed by atoms with E-state index in [1.165, 1.54) is 33.3 Å². The zero-order valence-corrected chi connectivity index (χ0v) is 25.6. The molecule has 3 aliphatic rings. The second-order valence-corrected chi connectivity index (χ2v) is 12.6. The Morgan fingerprint density at radius 3 is 1.62 bits per heavy atom. The average Bonchev–Trinajstić information content (AvgIpc) is 3.67. The van der Waals surface area contributed by atoms with Gasteiger partial charge < -0.3 is 9.47 Å². The number of nitriles is 2. The first kappa shape index (κ1) is 30.0. The lowest BCUT2D eigenvalue weighted by Crippen LogP contribution is -2.31. The molecular weight excluding hydrogens is 613 g/mol. The number of ether oxygens (including phenoxy) is 2. The van der Waals surface area contributed by atoms with E-state index in [1.807, 2.05) is 25.1 Å². The van der Waals surface area contributed by atoms with E-state index in [0.717, 1.165) is 5.56 Å². The molecule has 12 heteroatoms. The van der Waals surface area contributed by atoms with Crippen molar-refractivity contribution in [2.45, 2.75) is 29.6 Å². The molecule has 6 rings (SSSR count). The SMILES string of the molecule is Cc1cc(OCCCN2C(=O)c3ccccc3C2=O)c2c(c1OCCCN1C(=O)c3ccccc3C1=O)SC(=C(C#N)C#N)S2. The quantitative estimate of drug-likeness (QED) is 0.157. The highest BCUT2D eigenvalue weighted by Crippen LogP contribution is 2.59. The monoisotopic (exact) mass is 636 g/mol. The van der Waals surface area contributed by atoms with Gasteiger partial charge in [0.25, 0.3) is 23.6 Å². The Balaban J connectivity index is 1.12. The van der Waals surface area contributed by atoms with Crippen molar-refractivity contribution < 1.29 is 28.7 Å². The van der Waals surface area contributed by atoms with Crippen molar-refractivity contribution in [2.24, 2.45) is 0 Å². The Hall–Kier alpha value is -5.04. The molecule has 3 aromatic rings. The summed E-state index contributed by atoms with van der Waals surface area (Å²) in [5.41, 5.74) is 2.33. The molecule has 10 nitrogen and oxygen atoms in total. The third kappa shape index (κ3) is 5.43. The van der Waals surface area contributed by atoms with Gasteiger partial charge in [0.05, 0.1) is 49.5 Å². The second kappa shape index (κ2) is 12.5. The molecule has 3 heterocycles. The Kier molecular flexibility index (Phi) is 8.35. The fraction of sp³-hybridized carbons (Fsp3) is 0.212. The van der Waals surface area contributed by atoms with Crippen molar-refractivity contribution in [3.05, 3.63) is 92.2 Å². The summed E-state index contributed by atoms with van der Waals surface area (Å²) in [5, 5.41) is 19.0. The summed E-state index contributed by atoms with van der Waals surface area (Å²) >= 11 is 2.50. The zero-order chi connectivity index (χ0) is 31.7. The largest absolute Gasteiger partial charge is 0.492 e. The Labute approximate surface area is 267 Å². The van der Waals surface area contributed by atoms with Crippen LogP contribution in [0.1, 0.15) is 59.8 Å². The van der Waals surface area contributed by atoms with Gasteiger partial charge in [0.15, 0.2) is 0 Å². The lowest BCUT2D eigenvalue weighted by Gasteiger charge is -2.18. The summed E-state index contributed by atoms with van der Waals surface area (Å²) in [6.45, 7) is 2.68. The van der Waals surface area contributed by atoms with Gasteiger partial charge in [-0.15, -0.1) is 0 Å². The maximum absolute atomic E-state index is 12.7. The normalized spacial score (nSPS) is 14.7. The fourth-order valence-corrected chi connectivity index (χ4v) is 7.89. The number of nitrogens with zero attached hydrogens (tertiary/aromatic N) is 4. The molecule has 0 aliphatic carbocycles. The Morgan fingerprint density at radius 1 is 0.711 bits per heavy atom. The van der Waals surface area contributed by atoms with Crippen molar-refractivity contribution in [3.8, 4) is 23.6 Å². The van der Waals surface area contributed by atoms with E-state index in [9.17, 15) is 29.7 Å². The van der Waals surface area contributed by atoms with E-state index < -0.39 is 0 Å². The molecule has 45 heavy (non-hydrogen) atoms. The molecular formula is C33H24N4O6S2. The van der Waals surface area contributed by atoms with E-state index in [1.54, 1.807) is 48.5 Å². The van der Waals surface area contributed by atoms with Crippen molar-refractivity contribution in [1.82, 2.24) is 9.80 Å². The van der Waals surface area contributed by atoms with E-state index >= 15 is 0 Å². The first-order valence-electron chi connectivity index (χ1n) is 14.1. The van der Waals surface area contributed by atoms with Crippen LogP contribution in [0.5, 0.6) is 11.5 Å². The van der Waals surface area contributed by atoms with Crippen molar-refractivity contribution in [3.63, 3.8) is 0 Å². The molecule has 224 valence electrons. The Bertz CT molecular complexity index is 1820. The van der Waals surface area contributed by atoms with E-state index in [0.29, 0.717) is 60.6 Å². The molecule has 0 saturated heterocycles. The number of imide groups is 2. The summed E-state index contributed by atoms with van der Waals surface area (Å²) in [6, 6.07) is 19.2. The van der Waals surface area contributed by atoms with Gasteiger partial charge in [-0.25, -0.2) is 0 Å². The van der Waals surface area contributed by atoms with E-state index in [2.05, 4.69) is 0 Å². The second-order valence-electron chi connectivity index (χ2n) is 10.3. The highest BCUT2D eigenvalue weighted by molar-refractivity contribution is 8.24. The number of hydrogen-bond acceptors (Lipinski definition) is 10. The van der Waals surface area contributed by atoms with Gasteiger partial charge in [-0.05, 0) is 55.7 Å². The predicted molar refractivity (Wildman–Crippen MR) is 165 cm³/mol. The van der Waals surface area contributed by atoms with Crippen LogP contribution < -0.4 is 9.47 Å². The number of rotatable bonds is 10. The molecule has 3 aromatic carbocycles. The molecule has 0 spiro atoms. The molecule has 0 saturated carbocycles. The summed E-state index contributed by atoms with van der Waals surface area (Å²) in [4.78, 5) is 54.6. The van der Waals surface area contributed by atoms with Crippen molar-refractivity contribution in [2.75, 3.05) is 26.3 Å². The molecule has 3 aliphatic heterocycles. The lowest BCUT2D eigenvalue weighted by molar-refractivity contribution is 0.0630. The molecule has 0 N–H and O–H groups in total. The van der Waals surface area contributed by atoms with Gasteiger partial charge in [0.2, 0.25) is 0 Å². The molecule has 0 unspecified atom stereocenters. The molecule has 0 atom stereocenters. The summed E-state index contributed by atoms with van der Waals surface area (Å²) in [6.07, 6.45) is 0.801. The standard InChI is InChI=1S/C33H24N4O6S2/c1-19-16-25(42-14-6-12-36-29(38)21-8-2-3-9-22(21)30(36)39)27-28(45-33(44-27)20(17-34)18-35)26(19)43-15-7-13-37-31(40)23-10-4-5-11-24(23)32(37)41/h2-5,8-11,16H,6-7,12-15H2,1H3. The number of amides is 4. The van der Waals surface area contributed by atoms with Crippen LogP contribution in [0.4, 0.5) is 0 Å². The number of fused-ring (bicyclic) bond motifs is 3. The van der Waals surface area contributed by atoms with Crippen LogP contribution in [0.2, 0.25) is 0 Å². The third-order valence-electron chi connectivity index (χ3n) is 7.47. The van der Waals surface area contributed by atoms with Crippen LogP contribution in [0.3, 0.4) is 0 Å². The highest BCUT2D eigenvalue weighted by atomic mass is 32.2. The van der Waals surface area contributed by atoms with Crippen LogP contribution in [-0.4, -0.2) is 59.7 Å². The number of allylic oxidation sites excluding steroid dienone is 1. The number of carbonyl (C=O) groups is 4. The predicted octanol–water partition coefficient (Wildman–Crippen LogP) is 5.58. The zero-order valence-electron chi connectivity index (χ0n) is 24.0. The number of aryl methyl sites for hydroxylation is 1. The minimum absolute atomic E-state index is 0.0213. The van der Waals surface area contributed by atoms with Crippen LogP contribution in [0.15, 0.2) is 74.2 Å². The minimum Gasteiger partial charge on any atom is -0.492 e. The number of carbonyl (C=O) groups excluding carboxylic acids is 4. The van der Waals surface area contributed by atoms with Crippen LogP contribution in [-0.2, 0) is 0 Å². The van der Waals surface area contributed by atoms with Crippen molar-refractivity contribution >= 4 is 47.2 Å². The van der Waals surface area contributed by atoms with E-state index in [-0.39, 0.29) is 55.5 Å². The minimum atomic E-state index is -0.320. The van der Waals surface area contributed by atoms with E-state index in [4.69, 9.17) is 9.47 Å². The fourth-order valence-electron chi connectivity index (χ4n) is 5.31. The number of benzene rings is 3. The maximum atomic E-state index is 12.7. The highest BCUT2D eigenvalue weighted by Gasteiger charge is 2.36. The molecule has 0 radical (unpaired) electrons. The average molecular weight is 637 g/mol. The van der Waals surface area contributed by atoms with Gasteiger partial charge in [-0.3, -0.25) is 29.0 Å². The number of thioether (sulfide) groups is 2. The topological polar surface area (TPSA) is 141 Å². The first-order valence-corrected chi connectivity index (χ1v) is 15.7. The summed E-state index contributed by atoms with van der Waals surface area (Å²) in [7, 11) is 0. The number of hydrogen-bond donors (Lipinski definition) is 0. The molecule has 4 amide bonds. The smallest absolute Gasteiger partial charge is 0.261 e. The molecule has 0 aromatic heterocycles. The van der Waals surface area contributed by atoms with Crippen LogP contribution >= 0.6 is 23.5 Å². The van der Waals surface area contributed by atoms with Crippen LogP contribution in [0.25, 0.3) is 0 Å². The van der Waals surface area contributed by atoms with Gasteiger partial charge >= 0.3 is 0 Å². The Morgan fingerprint density at radius 2 is 1.16 bits per heavy atom. The summed E-state index contributed by atoms with van der Waals surface area (Å²) in [5.74, 6) is -0.184. The van der Waals surface area contributed by atoms with Gasteiger partial charge in [0.1, 0.15) is 29.2 Å². The maximum Gasteiger partial charge on any atom is 0.261 e. The van der Waals surface area contributed by atoms with Gasteiger partial charge in [0, 0.05) is 13.1 Å². The van der Waals surface area contributed by atoms with Crippen LogP contribution in [0, 0.1) is 29.6 Å². The first-order chi connectivity index (χ1) is 21.8. The third-order valence-corrected chi connectivity index (χ3v) is 10.1. The molecule has 0 bridgehead atoms. The lowest BCUT2D eigenvalue weighted by atomic mass is 10.1. The van der Waals surface area contributed by atoms with Gasteiger partial charge in [-0.1, -0.05) is 47.8 Å². The van der Waals surface area contributed by atoms with Gasteiger partial charge in [-0.2, -0.15) is 10.5 Å². The summed E-state index contributed by atoms with van der Waals surface area (Å²) < 4.78 is 12.8.